The number of rotatable bonds is 6. The van der Waals surface area contributed by atoms with Gasteiger partial charge in [-0.15, -0.1) is 0 Å². The van der Waals surface area contributed by atoms with Crippen molar-refractivity contribution in [2.75, 3.05) is 24.5 Å². The van der Waals surface area contributed by atoms with Crippen LogP contribution in [0.25, 0.3) is 0 Å². The molecule has 2 N–H and O–H groups in total. The fourth-order valence-electron chi connectivity index (χ4n) is 3.14. The minimum absolute atomic E-state index is 0.0182. The number of aliphatic hydroxyl groups is 1. The van der Waals surface area contributed by atoms with E-state index in [1.165, 1.54) is 0 Å². The molecule has 1 aromatic carbocycles. The Kier molecular flexibility index (Phi) is 5.83. The van der Waals surface area contributed by atoms with E-state index in [1.807, 2.05) is 37.3 Å². The third-order valence-electron chi connectivity index (χ3n) is 4.81. The molecule has 0 spiro atoms. The van der Waals surface area contributed by atoms with Crippen LogP contribution in [0.3, 0.4) is 0 Å². The number of para-hydroxylation sites is 1. The number of amides is 1. The van der Waals surface area contributed by atoms with Crippen LogP contribution in [0.1, 0.15) is 39.5 Å². The van der Waals surface area contributed by atoms with Gasteiger partial charge < -0.3 is 15.3 Å². The van der Waals surface area contributed by atoms with Gasteiger partial charge in [0.25, 0.3) is 0 Å². The standard InChI is InChI=1S/C18H28N2O2/c1-3-20(15-9-5-4-6-10-15)13-17(22)19-14-18(2)12-8-7-11-16(18)21/h4-6,9-10,16,21H,3,7-8,11-14H2,1-2H3,(H,19,22)/t16-,18+/m0/s1. The van der Waals surface area contributed by atoms with E-state index in [2.05, 4.69) is 17.1 Å². The molecule has 0 radical (unpaired) electrons. The Bertz CT molecular complexity index is 477. The lowest BCUT2D eigenvalue weighted by atomic mass is 9.73. The van der Waals surface area contributed by atoms with Crippen molar-refractivity contribution in [2.24, 2.45) is 5.41 Å². The largest absolute Gasteiger partial charge is 0.392 e. The predicted octanol–water partition coefficient (Wildman–Crippen LogP) is 2.57. The van der Waals surface area contributed by atoms with Gasteiger partial charge in [0.05, 0.1) is 12.6 Å². The first-order valence-electron chi connectivity index (χ1n) is 8.30. The van der Waals surface area contributed by atoms with Gasteiger partial charge in [0.1, 0.15) is 0 Å². The van der Waals surface area contributed by atoms with Crippen molar-refractivity contribution in [3.8, 4) is 0 Å². The van der Waals surface area contributed by atoms with Crippen LogP contribution in [0, 0.1) is 5.41 Å². The molecule has 1 amide bonds. The summed E-state index contributed by atoms with van der Waals surface area (Å²) < 4.78 is 0. The van der Waals surface area contributed by atoms with Crippen molar-refractivity contribution in [3.63, 3.8) is 0 Å². The van der Waals surface area contributed by atoms with Crippen LogP contribution in [0.4, 0.5) is 5.69 Å². The highest BCUT2D eigenvalue weighted by Gasteiger charge is 2.35. The van der Waals surface area contributed by atoms with E-state index >= 15 is 0 Å². The SMILES string of the molecule is CCN(CC(=O)NC[C@@]1(C)CCCC[C@@H]1O)c1ccccc1. The summed E-state index contributed by atoms with van der Waals surface area (Å²) in [5.41, 5.74) is 0.876. The Morgan fingerprint density at radius 3 is 2.73 bits per heavy atom. The number of likely N-dealkylation sites (N-methyl/N-ethyl adjacent to an activating group) is 1. The molecular weight excluding hydrogens is 276 g/mol. The summed E-state index contributed by atoms with van der Waals surface area (Å²) in [5, 5.41) is 13.2. The highest BCUT2D eigenvalue weighted by atomic mass is 16.3. The van der Waals surface area contributed by atoms with Crippen molar-refractivity contribution < 1.29 is 9.90 Å². The molecule has 0 unspecified atom stereocenters. The maximum Gasteiger partial charge on any atom is 0.239 e. The lowest BCUT2D eigenvalue weighted by Crippen LogP contribution is -2.47. The third kappa shape index (κ3) is 4.23. The van der Waals surface area contributed by atoms with Crippen LogP contribution >= 0.6 is 0 Å². The van der Waals surface area contributed by atoms with Crippen molar-refractivity contribution in [2.45, 2.75) is 45.6 Å². The third-order valence-corrected chi connectivity index (χ3v) is 4.81. The van der Waals surface area contributed by atoms with E-state index in [9.17, 15) is 9.90 Å². The van der Waals surface area contributed by atoms with Crippen LogP contribution < -0.4 is 10.2 Å². The van der Waals surface area contributed by atoms with Gasteiger partial charge in [0.2, 0.25) is 5.91 Å². The molecule has 1 aliphatic rings. The summed E-state index contributed by atoms with van der Waals surface area (Å²) in [6.07, 6.45) is 3.73. The van der Waals surface area contributed by atoms with Gasteiger partial charge >= 0.3 is 0 Å². The molecule has 0 heterocycles. The molecule has 4 nitrogen and oxygen atoms in total. The Morgan fingerprint density at radius 2 is 2.09 bits per heavy atom. The smallest absolute Gasteiger partial charge is 0.239 e. The molecule has 0 bridgehead atoms. The lowest BCUT2D eigenvalue weighted by Gasteiger charge is -2.38. The summed E-state index contributed by atoms with van der Waals surface area (Å²) in [6, 6.07) is 9.97. The molecule has 1 aromatic rings. The second-order valence-electron chi connectivity index (χ2n) is 6.54. The highest BCUT2D eigenvalue weighted by molar-refractivity contribution is 5.81. The minimum atomic E-state index is -0.307. The molecule has 2 rings (SSSR count). The number of nitrogens with zero attached hydrogens (tertiary/aromatic N) is 1. The Balaban J connectivity index is 1.87. The zero-order valence-electron chi connectivity index (χ0n) is 13.7. The van der Waals surface area contributed by atoms with Gasteiger partial charge in [0.15, 0.2) is 0 Å². The molecule has 4 heteroatoms. The molecule has 1 saturated carbocycles. The average molecular weight is 304 g/mol. The molecule has 122 valence electrons. The van der Waals surface area contributed by atoms with Crippen molar-refractivity contribution >= 4 is 11.6 Å². The fraction of sp³-hybridized carbons (Fsp3) is 0.611. The predicted molar refractivity (Wildman–Crippen MR) is 89.9 cm³/mol. The number of hydrogen-bond acceptors (Lipinski definition) is 3. The lowest BCUT2D eigenvalue weighted by molar-refractivity contribution is -0.121. The topological polar surface area (TPSA) is 52.6 Å². The molecule has 22 heavy (non-hydrogen) atoms. The molecule has 1 aliphatic carbocycles. The molecule has 0 aromatic heterocycles. The Hall–Kier alpha value is -1.55. The Morgan fingerprint density at radius 1 is 1.36 bits per heavy atom. The number of carbonyl (C=O) groups is 1. The van der Waals surface area contributed by atoms with E-state index in [0.29, 0.717) is 13.1 Å². The minimum Gasteiger partial charge on any atom is -0.392 e. The van der Waals surface area contributed by atoms with Crippen molar-refractivity contribution in [1.29, 1.82) is 0 Å². The van der Waals surface area contributed by atoms with Crippen molar-refractivity contribution in [1.82, 2.24) is 5.32 Å². The number of nitrogens with one attached hydrogen (secondary N) is 1. The highest BCUT2D eigenvalue weighted by Crippen LogP contribution is 2.35. The summed E-state index contributed by atoms with van der Waals surface area (Å²) in [6.45, 7) is 5.82. The van der Waals surface area contributed by atoms with Gasteiger partial charge in [-0.2, -0.15) is 0 Å². The second-order valence-corrected chi connectivity index (χ2v) is 6.54. The summed E-state index contributed by atoms with van der Waals surface area (Å²) in [4.78, 5) is 14.3. The van der Waals surface area contributed by atoms with Crippen LogP contribution in [0.15, 0.2) is 30.3 Å². The maximum atomic E-state index is 12.2. The Labute approximate surface area is 133 Å². The van der Waals surface area contributed by atoms with Gasteiger partial charge in [-0.3, -0.25) is 4.79 Å². The van der Waals surface area contributed by atoms with Crippen LogP contribution in [-0.4, -0.2) is 36.8 Å². The first kappa shape index (κ1) is 16.8. The summed E-state index contributed by atoms with van der Waals surface area (Å²) in [5.74, 6) is 0.0182. The number of benzene rings is 1. The molecule has 2 atom stereocenters. The van der Waals surface area contributed by atoms with E-state index in [0.717, 1.165) is 37.9 Å². The van der Waals surface area contributed by atoms with Crippen molar-refractivity contribution in [3.05, 3.63) is 30.3 Å². The molecule has 0 aliphatic heterocycles. The van der Waals surface area contributed by atoms with Gasteiger partial charge in [-0.05, 0) is 31.9 Å². The number of hydrogen-bond donors (Lipinski definition) is 2. The average Bonchev–Trinajstić information content (AvgIpc) is 2.54. The van der Waals surface area contributed by atoms with Crippen LogP contribution in [0.2, 0.25) is 0 Å². The first-order valence-corrected chi connectivity index (χ1v) is 8.30. The van der Waals surface area contributed by atoms with Gasteiger partial charge in [-0.1, -0.05) is 38.0 Å². The molecule has 1 fully saturated rings. The fourth-order valence-corrected chi connectivity index (χ4v) is 3.14. The molecular formula is C18H28N2O2. The number of aliphatic hydroxyl groups excluding tert-OH is 1. The van der Waals surface area contributed by atoms with E-state index < -0.39 is 0 Å². The zero-order chi connectivity index (χ0) is 16.0. The maximum absolute atomic E-state index is 12.2. The van der Waals surface area contributed by atoms with Gasteiger partial charge in [-0.25, -0.2) is 0 Å². The normalized spacial score (nSPS) is 24.8. The zero-order valence-corrected chi connectivity index (χ0v) is 13.7. The van der Waals surface area contributed by atoms with Gasteiger partial charge in [0, 0.05) is 24.2 Å². The first-order chi connectivity index (χ1) is 10.5. The second kappa shape index (κ2) is 7.63. The van der Waals surface area contributed by atoms with Crippen LogP contribution in [0.5, 0.6) is 0 Å². The van der Waals surface area contributed by atoms with E-state index in [4.69, 9.17) is 0 Å². The summed E-state index contributed by atoms with van der Waals surface area (Å²) in [7, 11) is 0. The van der Waals surface area contributed by atoms with E-state index in [-0.39, 0.29) is 17.4 Å². The van der Waals surface area contributed by atoms with Crippen LogP contribution in [-0.2, 0) is 4.79 Å². The monoisotopic (exact) mass is 304 g/mol. The number of anilines is 1. The summed E-state index contributed by atoms with van der Waals surface area (Å²) >= 11 is 0. The molecule has 0 saturated heterocycles. The van der Waals surface area contributed by atoms with E-state index in [1.54, 1.807) is 0 Å². The number of carbonyl (C=O) groups excluding carboxylic acids is 1. The quantitative estimate of drug-likeness (QED) is 0.849.